The number of fused-ring (bicyclic) bond motifs is 4. The topological polar surface area (TPSA) is 98.2 Å². The number of amides is 1. The molecule has 9 nitrogen and oxygen atoms in total. The molecule has 1 N–H and O–H groups in total. The lowest BCUT2D eigenvalue weighted by molar-refractivity contribution is -0.127. The zero-order valence-corrected chi connectivity index (χ0v) is 17.5. The van der Waals surface area contributed by atoms with E-state index >= 15 is 0 Å². The first-order valence-corrected chi connectivity index (χ1v) is 10.7. The van der Waals surface area contributed by atoms with Crippen LogP contribution in [0.2, 0.25) is 0 Å². The Labute approximate surface area is 179 Å². The van der Waals surface area contributed by atoms with E-state index < -0.39 is 6.04 Å². The predicted molar refractivity (Wildman–Crippen MR) is 112 cm³/mol. The molecule has 31 heavy (non-hydrogen) atoms. The van der Waals surface area contributed by atoms with Gasteiger partial charge in [0.2, 0.25) is 5.91 Å². The molecule has 5 rings (SSSR count). The Morgan fingerprint density at radius 1 is 1.26 bits per heavy atom. The number of likely N-dealkylation sites (tertiary alicyclic amines) is 1. The first-order valence-electron chi connectivity index (χ1n) is 10.7. The summed E-state index contributed by atoms with van der Waals surface area (Å²) in [6.45, 7) is 5.15. The maximum atomic E-state index is 13.3. The smallest absolute Gasteiger partial charge is 0.251 e. The van der Waals surface area contributed by atoms with Gasteiger partial charge in [0.15, 0.2) is 0 Å². The van der Waals surface area contributed by atoms with E-state index in [-0.39, 0.29) is 23.3 Å². The summed E-state index contributed by atoms with van der Waals surface area (Å²) in [6, 6.07) is 8.67. The van der Waals surface area contributed by atoms with E-state index in [2.05, 4.69) is 20.5 Å². The van der Waals surface area contributed by atoms with Crippen LogP contribution in [0.25, 0.3) is 0 Å². The first kappa shape index (κ1) is 19.7. The van der Waals surface area contributed by atoms with Crippen molar-refractivity contribution >= 4 is 5.91 Å². The molecule has 0 radical (unpaired) electrons. The zero-order chi connectivity index (χ0) is 21.4. The van der Waals surface area contributed by atoms with Gasteiger partial charge in [-0.05, 0) is 31.5 Å². The van der Waals surface area contributed by atoms with Crippen LogP contribution in [0.4, 0.5) is 0 Å². The van der Waals surface area contributed by atoms with Crippen molar-refractivity contribution in [2.75, 3.05) is 19.6 Å². The summed E-state index contributed by atoms with van der Waals surface area (Å²) in [5, 5.41) is 11.0. The van der Waals surface area contributed by atoms with Crippen molar-refractivity contribution < 1.29 is 9.21 Å². The highest BCUT2D eigenvalue weighted by Crippen LogP contribution is 2.41. The van der Waals surface area contributed by atoms with Crippen LogP contribution in [-0.4, -0.2) is 50.0 Å². The number of pyridine rings is 1. The second kappa shape index (κ2) is 8.14. The van der Waals surface area contributed by atoms with Gasteiger partial charge in [0.05, 0.1) is 25.0 Å². The van der Waals surface area contributed by atoms with Gasteiger partial charge in [-0.1, -0.05) is 11.3 Å². The van der Waals surface area contributed by atoms with Crippen LogP contribution in [0, 0.1) is 12.8 Å². The standard InChI is InChI=1S/C22H26N6O3/c1-15-11-27(25-24-15)8-7-23-22(30)21-17-10-16(19-5-2-6-20(29)28(19)21)12-26(13-17)14-18-4-3-9-31-18/h2-6,9,11,16-17,21H,7-8,10,12-14H2,1H3,(H,23,30)/t16-,17+,21-/m1/s1. The van der Waals surface area contributed by atoms with Crippen molar-refractivity contribution in [2.24, 2.45) is 5.92 Å². The molecule has 0 saturated carbocycles. The summed E-state index contributed by atoms with van der Waals surface area (Å²) >= 11 is 0. The van der Waals surface area contributed by atoms with Gasteiger partial charge >= 0.3 is 0 Å². The van der Waals surface area contributed by atoms with Gasteiger partial charge in [-0.2, -0.15) is 0 Å². The third-order valence-electron chi connectivity index (χ3n) is 6.24. The molecule has 0 spiro atoms. The van der Waals surface area contributed by atoms with E-state index in [1.165, 1.54) is 0 Å². The highest BCUT2D eigenvalue weighted by atomic mass is 16.3. The van der Waals surface area contributed by atoms with Crippen LogP contribution in [0.5, 0.6) is 0 Å². The maximum Gasteiger partial charge on any atom is 0.251 e. The molecular weight excluding hydrogens is 396 g/mol. The number of rotatable bonds is 6. The van der Waals surface area contributed by atoms with Crippen molar-refractivity contribution in [3.63, 3.8) is 0 Å². The number of nitrogens with one attached hydrogen (secondary N) is 1. The van der Waals surface area contributed by atoms with Crippen molar-refractivity contribution in [1.82, 2.24) is 29.8 Å². The quantitative estimate of drug-likeness (QED) is 0.643. The largest absolute Gasteiger partial charge is 0.468 e. The lowest BCUT2D eigenvalue weighted by Crippen LogP contribution is -2.53. The molecule has 0 unspecified atom stereocenters. The molecule has 2 aliphatic rings. The number of hydrogen-bond donors (Lipinski definition) is 1. The van der Waals surface area contributed by atoms with Crippen LogP contribution >= 0.6 is 0 Å². The second-order valence-electron chi connectivity index (χ2n) is 8.48. The third-order valence-corrected chi connectivity index (χ3v) is 6.24. The molecule has 162 valence electrons. The summed E-state index contributed by atoms with van der Waals surface area (Å²) < 4.78 is 8.96. The predicted octanol–water partition coefficient (Wildman–Crippen LogP) is 1.32. The lowest BCUT2D eigenvalue weighted by atomic mass is 9.78. The van der Waals surface area contributed by atoms with Crippen molar-refractivity contribution in [3.05, 3.63) is 70.3 Å². The fourth-order valence-corrected chi connectivity index (χ4v) is 5.02. The van der Waals surface area contributed by atoms with E-state index in [1.807, 2.05) is 31.3 Å². The van der Waals surface area contributed by atoms with Crippen LogP contribution in [0.1, 0.15) is 35.5 Å². The van der Waals surface area contributed by atoms with Gasteiger partial charge in [-0.25, -0.2) is 0 Å². The number of aryl methyl sites for hydroxylation is 1. The highest BCUT2D eigenvalue weighted by molar-refractivity contribution is 5.81. The van der Waals surface area contributed by atoms with Crippen LogP contribution in [-0.2, 0) is 17.9 Å². The molecule has 3 aromatic rings. The van der Waals surface area contributed by atoms with Gasteiger partial charge < -0.3 is 9.73 Å². The minimum absolute atomic E-state index is 0.0647. The molecule has 9 heteroatoms. The third kappa shape index (κ3) is 3.93. The number of carbonyl (C=O) groups is 1. The van der Waals surface area contributed by atoms with Gasteiger partial charge in [-0.3, -0.25) is 23.7 Å². The molecule has 3 aromatic heterocycles. The molecule has 5 heterocycles. The molecule has 1 fully saturated rings. The Bertz CT molecular complexity index is 1120. The summed E-state index contributed by atoms with van der Waals surface area (Å²) in [7, 11) is 0. The molecule has 1 saturated heterocycles. The lowest BCUT2D eigenvalue weighted by Gasteiger charge is -2.46. The van der Waals surface area contributed by atoms with Gasteiger partial charge in [-0.15, -0.1) is 5.10 Å². The number of furan rings is 1. The number of piperidine rings is 1. The molecule has 0 aromatic carbocycles. The molecule has 1 amide bonds. The number of hydrogen-bond acceptors (Lipinski definition) is 6. The fourth-order valence-electron chi connectivity index (χ4n) is 5.02. The Balaban J connectivity index is 1.36. The van der Waals surface area contributed by atoms with E-state index in [1.54, 1.807) is 27.6 Å². The average molecular weight is 422 g/mol. The van der Waals surface area contributed by atoms with Crippen molar-refractivity contribution in [3.8, 4) is 0 Å². The van der Waals surface area contributed by atoms with Gasteiger partial charge in [0, 0.05) is 49.4 Å². The minimum atomic E-state index is -0.517. The Hall–Kier alpha value is -3.20. The van der Waals surface area contributed by atoms with E-state index in [0.717, 1.165) is 36.7 Å². The van der Waals surface area contributed by atoms with Crippen molar-refractivity contribution in [2.45, 2.75) is 38.4 Å². The zero-order valence-electron chi connectivity index (χ0n) is 17.5. The normalized spacial score (nSPS) is 22.8. The Kier molecular flexibility index (Phi) is 5.19. The Morgan fingerprint density at radius 2 is 2.16 bits per heavy atom. The number of aromatic nitrogens is 4. The molecule has 2 bridgehead atoms. The number of nitrogens with zero attached hydrogens (tertiary/aromatic N) is 5. The van der Waals surface area contributed by atoms with Gasteiger partial charge in [0.25, 0.3) is 5.56 Å². The summed E-state index contributed by atoms with van der Waals surface area (Å²) in [5.41, 5.74) is 1.67. The molecular formula is C22H26N6O3. The summed E-state index contributed by atoms with van der Waals surface area (Å²) in [4.78, 5) is 28.4. The minimum Gasteiger partial charge on any atom is -0.468 e. The van der Waals surface area contributed by atoms with Crippen molar-refractivity contribution in [1.29, 1.82) is 0 Å². The molecule has 3 atom stereocenters. The fraction of sp³-hybridized carbons (Fsp3) is 0.455. The number of carbonyl (C=O) groups excluding carboxylic acids is 1. The molecule has 2 aliphatic heterocycles. The average Bonchev–Trinajstić information content (AvgIpc) is 3.40. The van der Waals surface area contributed by atoms with E-state index in [9.17, 15) is 9.59 Å². The maximum absolute atomic E-state index is 13.3. The van der Waals surface area contributed by atoms with Crippen LogP contribution in [0.3, 0.4) is 0 Å². The second-order valence-corrected chi connectivity index (χ2v) is 8.48. The van der Waals surface area contributed by atoms with E-state index in [0.29, 0.717) is 19.6 Å². The first-order chi connectivity index (χ1) is 15.1. The summed E-state index contributed by atoms with van der Waals surface area (Å²) in [5.74, 6) is 1.09. The van der Waals surface area contributed by atoms with Crippen LogP contribution < -0.4 is 10.9 Å². The monoisotopic (exact) mass is 422 g/mol. The van der Waals surface area contributed by atoms with Gasteiger partial charge in [0.1, 0.15) is 11.8 Å². The highest BCUT2D eigenvalue weighted by Gasteiger charge is 2.43. The van der Waals surface area contributed by atoms with E-state index in [4.69, 9.17) is 4.42 Å². The van der Waals surface area contributed by atoms with Crippen LogP contribution in [0.15, 0.2) is 52.0 Å². The summed E-state index contributed by atoms with van der Waals surface area (Å²) in [6.07, 6.45) is 4.42. The molecule has 0 aliphatic carbocycles. The Morgan fingerprint density at radius 3 is 2.94 bits per heavy atom. The SMILES string of the molecule is Cc1cn(CCNC(=O)[C@H]2[C@H]3C[C@H](CN(Cc4ccco4)C3)c3cccc(=O)n32)nn1.